The molecule has 0 aromatic heterocycles. The van der Waals surface area contributed by atoms with E-state index in [-0.39, 0.29) is 17.9 Å². The van der Waals surface area contributed by atoms with E-state index >= 15 is 0 Å². The Labute approximate surface area is 180 Å². The van der Waals surface area contributed by atoms with Crippen LogP contribution in [0.5, 0.6) is 11.5 Å². The zero-order valence-electron chi connectivity index (χ0n) is 16.5. The first-order valence-corrected chi connectivity index (χ1v) is 9.31. The van der Waals surface area contributed by atoms with E-state index in [1.165, 1.54) is 36.4 Å². The lowest BCUT2D eigenvalue weighted by molar-refractivity contribution is -0.274. The highest BCUT2D eigenvalue weighted by molar-refractivity contribution is 5.96. The summed E-state index contributed by atoms with van der Waals surface area (Å²) in [6.45, 7) is -0.0137. The van der Waals surface area contributed by atoms with Gasteiger partial charge in [0.05, 0.1) is 5.56 Å². The van der Waals surface area contributed by atoms with Crippen molar-refractivity contribution in [2.45, 2.75) is 19.5 Å². The number of ether oxygens (including phenoxy) is 2. The molecule has 0 saturated carbocycles. The van der Waals surface area contributed by atoms with Crippen LogP contribution < -0.4 is 14.8 Å². The van der Waals surface area contributed by atoms with Crippen LogP contribution >= 0.6 is 0 Å². The minimum atomic E-state index is -4.76. The zero-order chi connectivity index (χ0) is 23.3. The number of carbonyl (C=O) groups is 2. The molecule has 0 spiro atoms. The smallest absolute Gasteiger partial charge is 0.482 e. The number of aliphatic carboxylic acids is 1. The average Bonchev–Trinajstić information content (AvgIpc) is 2.72. The fraction of sp³-hybridized carbons (Fsp3) is 0.182. The van der Waals surface area contributed by atoms with Crippen molar-refractivity contribution in [3.05, 3.63) is 71.3 Å². The largest absolute Gasteiger partial charge is 0.573 e. The van der Waals surface area contributed by atoms with Gasteiger partial charge >= 0.3 is 18.3 Å². The topological polar surface area (TPSA) is 105 Å². The van der Waals surface area contributed by atoms with Crippen LogP contribution in [-0.2, 0) is 17.9 Å². The molecule has 0 aliphatic heterocycles. The minimum Gasteiger partial charge on any atom is -0.482 e. The van der Waals surface area contributed by atoms with Gasteiger partial charge < -0.3 is 25.0 Å². The van der Waals surface area contributed by atoms with Crippen molar-refractivity contribution >= 4 is 22.7 Å². The van der Waals surface area contributed by atoms with Crippen molar-refractivity contribution in [1.29, 1.82) is 0 Å². The summed E-state index contributed by atoms with van der Waals surface area (Å²) in [6.07, 6.45) is -4.76. The second kappa shape index (κ2) is 9.56. The molecule has 0 atom stereocenters. The molecule has 0 saturated heterocycles. The predicted molar refractivity (Wildman–Crippen MR) is 108 cm³/mol. The molecule has 0 unspecified atom stereocenters. The van der Waals surface area contributed by atoms with E-state index in [2.05, 4.69) is 10.1 Å². The van der Waals surface area contributed by atoms with Crippen molar-refractivity contribution < 1.29 is 42.4 Å². The van der Waals surface area contributed by atoms with Crippen LogP contribution in [0.2, 0.25) is 0 Å². The van der Waals surface area contributed by atoms with Gasteiger partial charge in [-0.15, -0.1) is 13.2 Å². The van der Waals surface area contributed by atoms with Crippen molar-refractivity contribution in [2.24, 2.45) is 0 Å². The lowest BCUT2D eigenvalue weighted by Gasteiger charge is -2.15. The monoisotopic (exact) mass is 449 g/mol. The van der Waals surface area contributed by atoms with Gasteiger partial charge in [0.2, 0.25) is 0 Å². The Morgan fingerprint density at radius 2 is 1.66 bits per heavy atom. The molecule has 3 aromatic rings. The molecule has 0 fully saturated rings. The molecule has 7 nitrogen and oxygen atoms in total. The van der Waals surface area contributed by atoms with Crippen molar-refractivity contribution in [1.82, 2.24) is 5.32 Å². The Morgan fingerprint density at radius 3 is 2.28 bits per heavy atom. The maximum absolute atomic E-state index is 12.3. The van der Waals surface area contributed by atoms with E-state index in [1.807, 2.05) is 0 Å². The normalized spacial score (nSPS) is 11.3. The third-order valence-electron chi connectivity index (χ3n) is 4.47. The van der Waals surface area contributed by atoms with Crippen LogP contribution in [0.4, 0.5) is 13.2 Å². The van der Waals surface area contributed by atoms with E-state index in [4.69, 9.17) is 9.84 Å². The summed E-state index contributed by atoms with van der Waals surface area (Å²) in [5.74, 6) is -2.22. The number of carboxylic acids is 2. The van der Waals surface area contributed by atoms with Crippen LogP contribution in [0.15, 0.2) is 54.6 Å². The van der Waals surface area contributed by atoms with Crippen LogP contribution in [-0.4, -0.2) is 35.1 Å². The summed E-state index contributed by atoms with van der Waals surface area (Å²) < 4.78 is 46.0. The number of aromatic carboxylic acids is 1. The fourth-order valence-corrected chi connectivity index (χ4v) is 3.11. The Bertz CT molecular complexity index is 1130. The lowest BCUT2D eigenvalue weighted by Crippen LogP contribution is -2.17. The number of carboxylic acid groups (broad SMARTS) is 2. The standard InChI is InChI=1S/C22H18F3NO6/c23-22(24,25)32-16-5-1-13(2-6-16)10-26-11-18-17-7-3-15(21(29)30)9-14(17)4-8-19(18)31-12-20(27)28/h1-9,26H,10-12H2,(H,27,28)(H,29,30). The quantitative estimate of drug-likeness (QED) is 0.450. The number of hydrogen-bond acceptors (Lipinski definition) is 5. The Hall–Kier alpha value is -3.79. The number of benzene rings is 3. The maximum Gasteiger partial charge on any atom is 0.573 e. The van der Waals surface area contributed by atoms with Gasteiger partial charge in [0.25, 0.3) is 0 Å². The van der Waals surface area contributed by atoms with Gasteiger partial charge in [-0.1, -0.05) is 24.3 Å². The molecule has 0 bridgehead atoms. The molecular weight excluding hydrogens is 431 g/mol. The highest BCUT2D eigenvalue weighted by Gasteiger charge is 2.30. The third-order valence-corrected chi connectivity index (χ3v) is 4.47. The second-order valence-corrected chi connectivity index (χ2v) is 6.76. The van der Waals surface area contributed by atoms with Crippen molar-refractivity contribution in [3.63, 3.8) is 0 Å². The summed E-state index contributed by atoms with van der Waals surface area (Å²) in [4.78, 5) is 22.1. The van der Waals surface area contributed by atoms with Gasteiger partial charge in [0, 0.05) is 18.7 Å². The number of fused-ring (bicyclic) bond motifs is 1. The SMILES string of the molecule is O=C(O)COc1ccc2cc(C(=O)O)ccc2c1CNCc1ccc(OC(F)(F)F)cc1. The molecule has 3 N–H and O–H groups in total. The van der Waals surface area contributed by atoms with Gasteiger partial charge in [-0.3, -0.25) is 0 Å². The molecule has 10 heteroatoms. The molecule has 0 heterocycles. The molecule has 168 valence electrons. The first-order valence-electron chi connectivity index (χ1n) is 9.31. The molecule has 3 aromatic carbocycles. The Kier molecular flexibility index (Phi) is 6.84. The first kappa shape index (κ1) is 22.9. The lowest BCUT2D eigenvalue weighted by atomic mass is 10.0. The molecule has 0 aliphatic carbocycles. The van der Waals surface area contributed by atoms with E-state index < -0.39 is 24.9 Å². The Morgan fingerprint density at radius 1 is 0.938 bits per heavy atom. The number of hydrogen-bond donors (Lipinski definition) is 3. The minimum absolute atomic E-state index is 0.108. The molecule has 0 radical (unpaired) electrons. The third kappa shape index (κ3) is 6.11. The van der Waals surface area contributed by atoms with Gasteiger partial charge in [0.1, 0.15) is 11.5 Å². The van der Waals surface area contributed by atoms with Crippen LogP contribution in [0.3, 0.4) is 0 Å². The predicted octanol–water partition coefficient (Wildman–Crippen LogP) is 4.19. The molecule has 0 amide bonds. The van der Waals surface area contributed by atoms with Crippen molar-refractivity contribution in [3.8, 4) is 11.5 Å². The van der Waals surface area contributed by atoms with Gasteiger partial charge in [0.15, 0.2) is 6.61 Å². The van der Waals surface area contributed by atoms with E-state index in [0.717, 1.165) is 0 Å². The highest BCUT2D eigenvalue weighted by Crippen LogP contribution is 2.29. The summed E-state index contributed by atoms with van der Waals surface area (Å²) in [7, 11) is 0. The summed E-state index contributed by atoms with van der Waals surface area (Å²) in [5, 5.41) is 22.6. The first-order chi connectivity index (χ1) is 15.1. The fourth-order valence-electron chi connectivity index (χ4n) is 3.11. The molecular formula is C22H18F3NO6. The summed E-state index contributed by atoms with van der Waals surface area (Å²) in [6, 6.07) is 13.1. The molecule has 0 aliphatic rings. The van der Waals surface area contributed by atoms with Crippen LogP contribution in [0.1, 0.15) is 21.5 Å². The zero-order valence-corrected chi connectivity index (χ0v) is 16.5. The van der Waals surface area contributed by atoms with Gasteiger partial charge in [-0.05, 0) is 46.7 Å². The molecule has 32 heavy (non-hydrogen) atoms. The maximum atomic E-state index is 12.3. The van der Waals surface area contributed by atoms with E-state index in [1.54, 1.807) is 18.2 Å². The average molecular weight is 449 g/mol. The second-order valence-electron chi connectivity index (χ2n) is 6.76. The Balaban J connectivity index is 1.78. The van der Waals surface area contributed by atoms with Crippen molar-refractivity contribution in [2.75, 3.05) is 6.61 Å². The number of nitrogens with one attached hydrogen (secondary N) is 1. The number of halogens is 3. The molecule has 3 rings (SSSR count). The van der Waals surface area contributed by atoms with Crippen LogP contribution in [0, 0.1) is 0 Å². The van der Waals surface area contributed by atoms with Crippen LogP contribution in [0.25, 0.3) is 10.8 Å². The highest BCUT2D eigenvalue weighted by atomic mass is 19.4. The van der Waals surface area contributed by atoms with Gasteiger partial charge in [-0.25, -0.2) is 9.59 Å². The van der Waals surface area contributed by atoms with E-state index in [9.17, 15) is 27.9 Å². The van der Waals surface area contributed by atoms with Gasteiger partial charge in [-0.2, -0.15) is 0 Å². The summed E-state index contributed by atoms with van der Waals surface area (Å²) in [5.41, 5.74) is 1.43. The summed E-state index contributed by atoms with van der Waals surface area (Å²) >= 11 is 0. The van der Waals surface area contributed by atoms with E-state index in [0.29, 0.717) is 34.2 Å². The number of alkyl halides is 3. The number of rotatable bonds is 9.